The number of thiophene rings is 1. The molecule has 2 unspecified atom stereocenters. The number of fused-ring (bicyclic) bond motifs is 4. The van der Waals surface area contributed by atoms with Gasteiger partial charge in [-0.25, -0.2) is 13.2 Å². The summed E-state index contributed by atoms with van der Waals surface area (Å²) in [5, 5.41) is 16.9. The predicted octanol–water partition coefficient (Wildman–Crippen LogP) is 5.67. The molecule has 2 saturated heterocycles. The minimum absolute atomic E-state index is 0.0443. The minimum Gasteiger partial charge on any atom is -0.463 e. The third-order valence-corrected chi connectivity index (χ3v) is 11.2. The van der Waals surface area contributed by atoms with Gasteiger partial charge in [-0.15, -0.1) is 11.3 Å². The summed E-state index contributed by atoms with van der Waals surface area (Å²) >= 11 is 7.97. The van der Waals surface area contributed by atoms with E-state index in [4.69, 9.17) is 32.5 Å². The van der Waals surface area contributed by atoms with Crippen LogP contribution in [0, 0.1) is 23.0 Å². The topological polar surface area (TPSA) is 125 Å². The first kappa shape index (κ1) is 29.7. The Morgan fingerprint density at radius 3 is 2.96 bits per heavy atom. The van der Waals surface area contributed by atoms with Crippen LogP contribution in [0.4, 0.5) is 23.9 Å². The Balaban J connectivity index is 1.31. The van der Waals surface area contributed by atoms with Crippen molar-refractivity contribution in [2.75, 3.05) is 44.0 Å². The van der Waals surface area contributed by atoms with E-state index in [1.54, 1.807) is 6.08 Å². The maximum absolute atomic E-state index is 17.2. The number of nitrogens with one attached hydrogen (secondary N) is 2. The molecule has 2 aromatic carbocycles. The fourth-order valence-corrected chi connectivity index (χ4v) is 9.06. The number of ether oxygens (including phenoxy) is 2. The number of nitrogens with two attached hydrogens (primary N) is 2. The highest BCUT2D eigenvalue weighted by Crippen LogP contribution is 2.53. The first-order valence-electron chi connectivity index (χ1n) is 15.3. The summed E-state index contributed by atoms with van der Waals surface area (Å²) in [4.78, 5) is 4.17. The van der Waals surface area contributed by atoms with Gasteiger partial charge in [0.2, 0.25) is 0 Å². The van der Waals surface area contributed by atoms with E-state index in [1.165, 1.54) is 12.1 Å². The fraction of sp³-hybridized carbons (Fsp3) is 0.406. The smallest absolute Gasteiger partial charge is 0.286 e. The van der Waals surface area contributed by atoms with E-state index in [0.29, 0.717) is 43.9 Å². The fourth-order valence-electron chi connectivity index (χ4n) is 7.76. The average molecular weight is 670 g/mol. The molecular weight excluding hydrogens is 639 g/mol. The molecule has 8 rings (SSSR count). The van der Waals surface area contributed by atoms with Crippen LogP contribution in [0.5, 0.6) is 5.75 Å². The number of anilines is 2. The number of nitrogens with zero attached hydrogens (tertiary/aromatic N) is 3. The molecule has 0 aliphatic carbocycles. The summed E-state index contributed by atoms with van der Waals surface area (Å²) < 4.78 is 59.6. The maximum atomic E-state index is 17.2. The van der Waals surface area contributed by atoms with E-state index in [1.807, 2.05) is 17.0 Å². The van der Waals surface area contributed by atoms with Crippen LogP contribution in [-0.4, -0.2) is 60.5 Å². The molecule has 0 radical (unpaired) electrons. The van der Waals surface area contributed by atoms with Crippen LogP contribution < -0.4 is 26.8 Å². The van der Waals surface area contributed by atoms with Crippen molar-refractivity contribution >= 4 is 43.7 Å². The molecule has 4 atom stereocenters. The van der Waals surface area contributed by atoms with Crippen LogP contribution in [0.1, 0.15) is 43.0 Å². The Kier molecular flexibility index (Phi) is 7.08. The second kappa shape index (κ2) is 11.0. The lowest BCUT2D eigenvalue weighted by Gasteiger charge is -2.44. The normalized spacial score (nSPS) is 28.1. The first-order chi connectivity index (χ1) is 22.2. The minimum atomic E-state index is -0.938. The molecule has 1 aromatic heterocycles. The first-order valence-corrected chi connectivity index (χ1v) is 16.5. The number of halogens is 4. The second-order valence-electron chi connectivity index (χ2n) is 12.5. The standard InChI is InChI=1S/C32H31ClF3N7O2S/c33-25-23(18-4-5-20(35)29-22(18)19(10-37)30(39)46-29)26(36)28-24-27(25)40-14-41-31(24)43-12-16(38)2-3-17(43)8-21(45-28)44-13-32-6-1-7-42(32)11-15(34)9-32/h3-5,8,15-16,31,40-41H,1-2,6-7,9,11-14,38-39H2/b21-8-/t15-,16?,31?,32+/m1/s1. The van der Waals surface area contributed by atoms with E-state index >= 15 is 4.39 Å². The van der Waals surface area contributed by atoms with Gasteiger partial charge in [-0.05, 0) is 37.4 Å². The summed E-state index contributed by atoms with van der Waals surface area (Å²) in [6, 6.07) is 4.48. The van der Waals surface area contributed by atoms with Crippen LogP contribution in [0.3, 0.4) is 0 Å². The number of allylic oxidation sites excluding steroid dienone is 1. The molecule has 0 spiro atoms. The average Bonchev–Trinajstić information content (AvgIpc) is 3.68. The van der Waals surface area contributed by atoms with Gasteiger partial charge in [0.1, 0.15) is 35.8 Å². The highest BCUT2D eigenvalue weighted by atomic mass is 35.5. The maximum Gasteiger partial charge on any atom is 0.286 e. The molecule has 46 heavy (non-hydrogen) atoms. The van der Waals surface area contributed by atoms with E-state index in [0.717, 1.165) is 36.4 Å². The van der Waals surface area contributed by atoms with Crippen molar-refractivity contribution in [3.8, 4) is 22.9 Å². The van der Waals surface area contributed by atoms with Crippen molar-refractivity contribution in [2.24, 2.45) is 5.73 Å². The van der Waals surface area contributed by atoms with Gasteiger partial charge in [-0.3, -0.25) is 10.2 Å². The van der Waals surface area contributed by atoms with Crippen LogP contribution in [0.25, 0.3) is 21.2 Å². The Hall–Kier alpha value is -3.67. The van der Waals surface area contributed by atoms with E-state index < -0.39 is 29.5 Å². The molecule has 2 fully saturated rings. The highest BCUT2D eigenvalue weighted by Gasteiger charge is 2.50. The molecule has 0 bridgehead atoms. The van der Waals surface area contributed by atoms with E-state index in [2.05, 4.69) is 15.5 Å². The lowest BCUT2D eigenvalue weighted by Crippen LogP contribution is -2.49. The van der Waals surface area contributed by atoms with Gasteiger partial charge in [0.25, 0.3) is 5.95 Å². The highest BCUT2D eigenvalue weighted by molar-refractivity contribution is 7.23. The number of rotatable bonds is 4. The van der Waals surface area contributed by atoms with E-state index in [-0.39, 0.29) is 61.1 Å². The van der Waals surface area contributed by atoms with Gasteiger partial charge in [-0.2, -0.15) is 5.26 Å². The van der Waals surface area contributed by atoms with Crippen molar-refractivity contribution in [3.63, 3.8) is 0 Å². The number of nitriles is 1. The third-order valence-electron chi connectivity index (χ3n) is 9.82. The number of hydrogen-bond donors (Lipinski definition) is 4. The van der Waals surface area contributed by atoms with Crippen molar-refractivity contribution in [3.05, 3.63) is 63.7 Å². The molecule has 6 N–H and O–H groups in total. The van der Waals surface area contributed by atoms with Gasteiger partial charge in [0, 0.05) is 48.3 Å². The molecule has 0 saturated carbocycles. The zero-order valence-electron chi connectivity index (χ0n) is 24.6. The van der Waals surface area contributed by atoms with Gasteiger partial charge >= 0.3 is 0 Å². The zero-order valence-corrected chi connectivity index (χ0v) is 26.2. The molecule has 6 heterocycles. The Morgan fingerprint density at radius 2 is 2.13 bits per heavy atom. The van der Waals surface area contributed by atoms with E-state index in [9.17, 15) is 14.0 Å². The van der Waals surface area contributed by atoms with Crippen molar-refractivity contribution in [1.29, 1.82) is 5.26 Å². The number of benzene rings is 2. The van der Waals surface area contributed by atoms with Gasteiger partial charge in [0.15, 0.2) is 11.6 Å². The van der Waals surface area contributed by atoms with Crippen LogP contribution in [-0.2, 0) is 4.74 Å². The molecule has 5 aliphatic heterocycles. The Bertz CT molecular complexity index is 1890. The quantitative estimate of drug-likeness (QED) is 0.278. The molecule has 240 valence electrons. The SMILES string of the molecule is N#Cc1c(N)sc2c(F)ccc(-c3c(F)c4c5c(c3Cl)NCNC5N3CC(N)CC=C3/C=C(/OC[C@@]35CCCN3C[C@H](F)C5)O4)c12. The molecular formula is C32H31ClF3N7O2S. The van der Waals surface area contributed by atoms with Gasteiger partial charge in [0.05, 0.1) is 38.7 Å². The molecule has 0 amide bonds. The van der Waals surface area contributed by atoms with Gasteiger partial charge < -0.3 is 31.2 Å². The van der Waals surface area contributed by atoms with Crippen LogP contribution >= 0.6 is 22.9 Å². The third kappa shape index (κ3) is 4.46. The van der Waals surface area contributed by atoms with Crippen molar-refractivity contribution in [2.45, 2.75) is 49.6 Å². The van der Waals surface area contributed by atoms with Gasteiger partial charge in [-0.1, -0.05) is 23.7 Å². The number of hydrogen-bond acceptors (Lipinski definition) is 10. The second-order valence-corrected chi connectivity index (χ2v) is 14.0. The predicted molar refractivity (Wildman–Crippen MR) is 171 cm³/mol. The van der Waals surface area contributed by atoms with Crippen LogP contribution in [0.15, 0.2) is 35.9 Å². The summed E-state index contributed by atoms with van der Waals surface area (Å²) in [6.07, 6.45) is 4.95. The molecule has 14 heteroatoms. The number of nitrogen functional groups attached to an aromatic ring is 1. The number of alkyl halides is 1. The lowest BCUT2D eigenvalue weighted by atomic mass is 9.93. The lowest BCUT2D eigenvalue weighted by molar-refractivity contribution is 0.0249. The van der Waals surface area contributed by atoms with Crippen molar-refractivity contribution < 1.29 is 22.6 Å². The largest absolute Gasteiger partial charge is 0.463 e. The summed E-state index contributed by atoms with van der Waals surface area (Å²) in [5.41, 5.74) is 13.9. The summed E-state index contributed by atoms with van der Waals surface area (Å²) in [7, 11) is 0. The summed E-state index contributed by atoms with van der Waals surface area (Å²) in [6.45, 7) is 2.10. The monoisotopic (exact) mass is 669 g/mol. The molecule has 5 aliphatic rings. The van der Waals surface area contributed by atoms with Crippen molar-refractivity contribution in [1.82, 2.24) is 15.1 Å². The summed E-state index contributed by atoms with van der Waals surface area (Å²) in [5.74, 6) is -1.48. The molecule has 9 nitrogen and oxygen atoms in total. The Labute approximate surface area is 272 Å². The Morgan fingerprint density at radius 1 is 1.28 bits per heavy atom. The molecule has 3 aromatic rings. The zero-order chi connectivity index (χ0) is 31.9. The van der Waals surface area contributed by atoms with Crippen LogP contribution in [0.2, 0.25) is 5.02 Å².